The first kappa shape index (κ1) is 12.2. The third kappa shape index (κ3) is 2.91. The van der Waals surface area contributed by atoms with Crippen molar-refractivity contribution >= 4 is 0 Å². The molecule has 94 valence electrons. The molecule has 0 amide bonds. The van der Waals surface area contributed by atoms with Gasteiger partial charge in [-0.2, -0.15) is 0 Å². The zero-order chi connectivity index (χ0) is 12.3. The van der Waals surface area contributed by atoms with E-state index in [0.717, 1.165) is 29.8 Å². The van der Waals surface area contributed by atoms with Crippen LogP contribution >= 0.6 is 0 Å². The summed E-state index contributed by atoms with van der Waals surface area (Å²) in [4.78, 5) is 0. The summed E-state index contributed by atoms with van der Waals surface area (Å²) in [5, 5.41) is 13.3. The van der Waals surface area contributed by atoms with Gasteiger partial charge in [-0.25, -0.2) is 0 Å². The molecule has 1 atom stereocenters. The average molecular weight is 235 g/mol. The Bertz CT molecular complexity index is 384. The van der Waals surface area contributed by atoms with Crippen molar-refractivity contribution in [3.05, 3.63) is 23.3 Å². The van der Waals surface area contributed by atoms with Gasteiger partial charge in [0.25, 0.3) is 0 Å². The summed E-state index contributed by atoms with van der Waals surface area (Å²) in [5.74, 6) is 1.24. The second-order valence-electron chi connectivity index (χ2n) is 4.80. The number of piperidine rings is 1. The van der Waals surface area contributed by atoms with E-state index in [9.17, 15) is 5.11 Å². The molecule has 0 bridgehead atoms. The molecule has 1 unspecified atom stereocenters. The van der Waals surface area contributed by atoms with Crippen LogP contribution in [0.5, 0.6) is 11.5 Å². The third-order valence-corrected chi connectivity index (χ3v) is 3.48. The summed E-state index contributed by atoms with van der Waals surface area (Å²) in [7, 11) is 1.68. The Morgan fingerprint density at radius 1 is 1.41 bits per heavy atom. The Labute approximate surface area is 103 Å². The van der Waals surface area contributed by atoms with Gasteiger partial charge >= 0.3 is 0 Å². The van der Waals surface area contributed by atoms with Crippen LogP contribution < -0.4 is 10.1 Å². The molecule has 1 fully saturated rings. The Kier molecular flexibility index (Phi) is 3.89. The summed E-state index contributed by atoms with van der Waals surface area (Å²) in [6.07, 6.45) is 4.69. The fraction of sp³-hybridized carbons (Fsp3) is 0.571. The third-order valence-electron chi connectivity index (χ3n) is 3.48. The highest BCUT2D eigenvalue weighted by molar-refractivity contribution is 5.45. The molecule has 0 radical (unpaired) electrons. The van der Waals surface area contributed by atoms with Gasteiger partial charge in [0.1, 0.15) is 11.5 Å². The highest BCUT2D eigenvalue weighted by atomic mass is 16.5. The Balaban J connectivity index is 2.15. The van der Waals surface area contributed by atoms with Gasteiger partial charge in [0, 0.05) is 6.04 Å². The fourth-order valence-electron chi connectivity index (χ4n) is 2.43. The molecule has 0 aromatic heterocycles. The van der Waals surface area contributed by atoms with Crippen LogP contribution in [0.3, 0.4) is 0 Å². The predicted octanol–water partition coefficient (Wildman–Crippen LogP) is 2.39. The number of ether oxygens (including phenoxy) is 1. The zero-order valence-electron chi connectivity index (χ0n) is 10.6. The lowest BCUT2D eigenvalue weighted by Crippen LogP contribution is -2.35. The molecule has 0 spiro atoms. The van der Waals surface area contributed by atoms with Gasteiger partial charge in [-0.3, -0.25) is 0 Å². The van der Waals surface area contributed by atoms with Crippen LogP contribution in [0.25, 0.3) is 0 Å². The lowest BCUT2D eigenvalue weighted by atomic mass is 9.96. The number of methoxy groups -OCH3 is 1. The number of phenolic OH excluding ortho intramolecular Hbond substituents is 1. The van der Waals surface area contributed by atoms with E-state index in [4.69, 9.17) is 4.74 Å². The molecule has 1 aliphatic rings. The van der Waals surface area contributed by atoms with Gasteiger partial charge < -0.3 is 15.2 Å². The van der Waals surface area contributed by atoms with Gasteiger partial charge in [0.15, 0.2) is 0 Å². The highest BCUT2D eigenvalue weighted by Crippen LogP contribution is 2.29. The highest BCUT2D eigenvalue weighted by Gasteiger charge is 2.16. The largest absolute Gasteiger partial charge is 0.508 e. The topological polar surface area (TPSA) is 41.5 Å². The summed E-state index contributed by atoms with van der Waals surface area (Å²) in [6, 6.07) is 4.26. The van der Waals surface area contributed by atoms with Crippen LogP contribution in [0, 0.1) is 6.92 Å². The average Bonchev–Trinajstić information content (AvgIpc) is 2.35. The minimum absolute atomic E-state index is 0.358. The number of aromatic hydroxyl groups is 1. The van der Waals surface area contributed by atoms with Crippen LogP contribution in [0.4, 0.5) is 0 Å². The number of benzene rings is 1. The number of rotatable bonds is 3. The van der Waals surface area contributed by atoms with Crippen molar-refractivity contribution in [1.29, 1.82) is 0 Å². The van der Waals surface area contributed by atoms with E-state index < -0.39 is 0 Å². The molecule has 3 nitrogen and oxygen atoms in total. The van der Waals surface area contributed by atoms with E-state index >= 15 is 0 Å². The van der Waals surface area contributed by atoms with Crippen LogP contribution in [0.2, 0.25) is 0 Å². The smallest absolute Gasteiger partial charge is 0.122 e. The van der Waals surface area contributed by atoms with Gasteiger partial charge in [-0.1, -0.05) is 6.42 Å². The van der Waals surface area contributed by atoms with Crippen molar-refractivity contribution in [2.75, 3.05) is 13.7 Å². The standard InChI is InChI=1S/C14H21NO2/c1-10-7-14(17-2)11(9-13(10)16)8-12-5-3-4-6-15-12/h7,9,12,15-16H,3-6,8H2,1-2H3. The second-order valence-corrected chi connectivity index (χ2v) is 4.80. The van der Waals surface area contributed by atoms with Crippen molar-refractivity contribution in [2.24, 2.45) is 0 Å². The van der Waals surface area contributed by atoms with Gasteiger partial charge in [-0.15, -0.1) is 0 Å². The molecule has 1 aliphatic heterocycles. The molecule has 2 rings (SSSR count). The van der Waals surface area contributed by atoms with E-state index in [2.05, 4.69) is 5.32 Å². The SMILES string of the molecule is COc1cc(C)c(O)cc1CC1CCCCN1. The summed E-state index contributed by atoms with van der Waals surface area (Å²) < 4.78 is 5.38. The lowest BCUT2D eigenvalue weighted by Gasteiger charge is -2.24. The first-order chi connectivity index (χ1) is 8.20. The van der Waals surface area contributed by atoms with E-state index in [-0.39, 0.29) is 0 Å². The maximum absolute atomic E-state index is 9.77. The van der Waals surface area contributed by atoms with Crippen LogP contribution in [0.1, 0.15) is 30.4 Å². The maximum atomic E-state index is 9.77. The number of nitrogens with one attached hydrogen (secondary N) is 1. The Morgan fingerprint density at radius 3 is 2.88 bits per heavy atom. The van der Waals surface area contributed by atoms with Crippen molar-refractivity contribution < 1.29 is 9.84 Å². The van der Waals surface area contributed by atoms with Gasteiger partial charge in [0.2, 0.25) is 0 Å². The fourth-order valence-corrected chi connectivity index (χ4v) is 2.43. The second kappa shape index (κ2) is 5.41. The predicted molar refractivity (Wildman–Crippen MR) is 68.7 cm³/mol. The summed E-state index contributed by atoms with van der Waals surface area (Å²) >= 11 is 0. The number of hydrogen-bond donors (Lipinski definition) is 2. The molecule has 3 heteroatoms. The maximum Gasteiger partial charge on any atom is 0.122 e. The molecule has 1 aromatic carbocycles. The van der Waals surface area contributed by atoms with E-state index in [1.807, 2.05) is 19.1 Å². The monoisotopic (exact) mass is 235 g/mol. The van der Waals surface area contributed by atoms with Crippen LogP contribution in [-0.2, 0) is 6.42 Å². The van der Waals surface area contributed by atoms with Crippen LogP contribution in [-0.4, -0.2) is 24.8 Å². The molecular formula is C14H21NO2. The lowest BCUT2D eigenvalue weighted by molar-refractivity contribution is 0.379. The van der Waals surface area contributed by atoms with Crippen LogP contribution in [0.15, 0.2) is 12.1 Å². The molecule has 0 saturated carbocycles. The minimum atomic E-state index is 0.358. The van der Waals surface area contributed by atoms with Crippen molar-refractivity contribution in [1.82, 2.24) is 5.32 Å². The van der Waals surface area contributed by atoms with E-state index in [0.29, 0.717) is 11.8 Å². The number of phenols is 1. The quantitative estimate of drug-likeness (QED) is 0.845. The Hall–Kier alpha value is -1.22. The minimum Gasteiger partial charge on any atom is -0.508 e. The summed E-state index contributed by atoms with van der Waals surface area (Å²) in [6.45, 7) is 2.99. The molecule has 1 heterocycles. The molecule has 17 heavy (non-hydrogen) atoms. The summed E-state index contributed by atoms with van der Waals surface area (Å²) in [5.41, 5.74) is 1.96. The molecule has 1 saturated heterocycles. The molecule has 1 aromatic rings. The van der Waals surface area contributed by atoms with E-state index in [1.165, 1.54) is 19.3 Å². The van der Waals surface area contributed by atoms with Gasteiger partial charge in [-0.05, 0) is 56.0 Å². The van der Waals surface area contributed by atoms with Gasteiger partial charge in [0.05, 0.1) is 7.11 Å². The van der Waals surface area contributed by atoms with Crippen molar-refractivity contribution in [2.45, 2.75) is 38.6 Å². The molecular weight excluding hydrogens is 214 g/mol. The molecule has 0 aliphatic carbocycles. The normalized spacial score (nSPS) is 20.2. The zero-order valence-corrected chi connectivity index (χ0v) is 10.6. The van der Waals surface area contributed by atoms with Crippen molar-refractivity contribution in [3.8, 4) is 11.5 Å². The van der Waals surface area contributed by atoms with E-state index in [1.54, 1.807) is 7.11 Å². The van der Waals surface area contributed by atoms with Crippen molar-refractivity contribution in [3.63, 3.8) is 0 Å². The number of aryl methyl sites for hydroxylation is 1. The first-order valence-corrected chi connectivity index (χ1v) is 6.30. The molecule has 2 N–H and O–H groups in total. The first-order valence-electron chi connectivity index (χ1n) is 6.30. The Morgan fingerprint density at radius 2 is 2.24 bits per heavy atom. The number of hydrogen-bond acceptors (Lipinski definition) is 3.